The molecule has 0 saturated heterocycles. The minimum Gasteiger partial charge on any atom is -0.259 e. The highest BCUT2D eigenvalue weighted by Crippen LogP contribution is 2.35. The molecule has 1 atom stereocenters. The van der Waals surface area contributed by atoms with Crippen molar-refractivity contribution in [2.75, 3.05) is 4.31 Å². The van der Waals surface area contributed by atoms with Crippen molar-refractivity contribution < 1.29 is 12.8 Å². The Balaban J connectivity index is 2.21. The zero-order valence-corrected chi connectivity index (χ0v) is 17.4. The van der Waals surface area contributed by atoms with Gasteiger partial charge in [0.05, 0.1) is 16.6 Å². The molecule has 0 saturated carbocycles. The third-order valence-electron chi connectivity index (χ3n) is 4.66. The normalized spacial score (nSPS) is 12.6. The first-order valence-electron chi connectivity index (χ1n) is 8.83. The van der Waals surface area contributed by atoms with Crippen LogP contribution < -0.4 is 4.31 Å². The Bertz CT molecular complexity index is 1120. The summed E-state index contributed by atoms with van der Waals surface area (Å²) in [6.07, 6.45) is 0. The van der Waals surface area contributed by atoms with E-state index < -0.39 is 21.9 Å². The molecular weight excluding hydrogens is 397 g/mol. The van der Waals surface area contributed by atoms with Crippen LogP contribution >= 0.6 is 11.6 Å². The van der Waals surface area contributed by atoms with Crippen molar-refractivity contribution in [1.29, 1.82) is 0 Å². The van der Waals surface area contributed by atoms with E-state index in [2.05, 4.69) is 0 Å². The maximum Gasteiger partial charge on any atom is 0.264 e. The molecule has 0 heterocycles. The van der Waals surface area contributed by atoms with Gasteiger partial charge < -0.3 is 0 Å². The van der Waals surface area contributed by atoms with Gasteiger partial charge in [-0.1, -0.05) is 48.0 Å². The Morgan fingerprint density at radius 1 is 0.964 bits per heavy atom. The summed E-state index contributed by atoms with van der Waals surface area (Å²) in [6, 6.07) is 17.2. The third-order valence-corrected chi connectivity index (χ3v) is 6.97. The lowest BCUT2D eigenvalue weighted by molar-refractivity contribution is 0.569. The Hall–Kier alpha value is -2.37. The summed E-state index contributed by atoms with van der Waals surface area (Å²) in [5.74, 6) is -0.454. The summed E-state index contributed by atoms with van der Waals surface area (Å²) >= 11 is 6.17. The van der Waals surface area contributed by atoms with Gasteiger partial charge in [-0.2, -0.15) is 0 Å². The number of nitrogens with zero attached hydrogens (tertiary/aromatic N) is 1. The molecule has 1 unspecified atom stereocenters. The number of anilines is 1. The van der Waals surface area contributed by atoms with E-state index in [1.165, 1.54) is 22.5 Å². The summed E-state index contributed by atoms with van der Waals surface area (Å²) in [6.45, 7) is 5.36. The van der Waals surface area contributed by atoms with Gasteiger partial charge in [0.25, 0.3) is 10.0 Å². The molecule has 0 fully saturated rings. The average Bonchev–Trinajstić information content (AvgIpc) is 2.64. The molecule has 0 spiro atoms. The predicted molar refractivity (Wildman–Crippen MR) is 112 cm³/mol. The molecule has 3 nitrogen and oxygen atoms in total. The number of sulfonamides is 1. The monoisotopic (exact) mass is 417 g/mol. The fourth-order valence-corrected chi connectivity index (χ4v) is 5.02. The van der Waals surface area contributed by atoms with Crippen molar-refractivity contribution in [3.63, 3.8) is 0 Å². The molecule has 6 heteroatoms. The van der Waals surface area contributed by atoms with Crippen LogP contribution in [0.3, 0.4) is 0 Å². The van der Waals surface area contributed by atoms with Crippen molar-refractivity contribution in [2.24, 2.45) is 0 Å². The van der Waals surface area contributed by atoms with Crippen LogP contribution in [0.4, 0.5) is 10.1 Å². The number of aryl methyl sites for hydroxylation is 2. The molecular formula is C22H21ClFNO2S. The van der Waals surface area contributed by atoms with Crippen LogP contribution in [0, 0.1) is 19.7 Å². The molecule has 0 aliphatic heterocycles. The first-order chi connectivity index (χ1) is 13.2. The van der Waals surface area contributed by atoms with E-state index in [9.17, 15) is 12.8 Å². The molecule has 0 bridgehead atoms. The van der Waals surface area contributed by atoms with E-state index in [4.69, 9.17) is 11.6 Å². The molecule has 0 radical (unpaired) electrons. The lowest BCUT2D eigenvalue weighted by Gasteiger charge is -2.31. The van der Waals surface area contributed by atoms with Crippen molar-refractivity contribution in [1.82, 2.24) is 0 Å². The zero-order chi connectivity index (χ0) is 20.5. The van der Waals surface area contributed by atoms with Crippen LogP contribution in [0.5, 0.6) is 0 Å². The second-order valence-corrected chi connectivity index (χ2v) is 8.97. The van der Waals surface area contributed by atoms with E-state index in [-0.39, 0.29) is 4.90 Å². The molecule has 28 heavy (non-hydrogen) atoms. The van der Waals surface area contributed by atoms with Gasteiger partial charge in [0.15, 0.2) is 0 Å². The van der Waals surface area contributed by atoms with Gasteiger partial charge in [0.1, 0.15) is 5.82 Å². The van der Waals surface area contributed by atoms with Crippen molar-refractivity contribution in [3.8, 4) is 0 Å². The molecule has 0 aliphatic rings. The lowest BCUT2D eigenvalue weighted by atomic mass is 10.1. The summed E-state index contributed by atoms with van der Waals surface area (Å²) in [4.78, 5) is 0.0628. The average molecular weight is 418 g/mol. The molecule has 0 amide bonds. The fourth-order valence-electron chi connectivity index (χ4n) is 3.12. The minimum atomic E-state index is -3.99. The molecule has 146 valence electrons. The van der Waals surface area contributed by atoms with Gasteiger partial charge in [-0.15, -0.1) is 0 Å². The third kappa shape index (κ3) is 3.91. The number of halogens is 2. The SMILES string of the molecule is Cc1cccc(N(C(C)c2ccccc2F)S(=O)(=O)c2ccc(C)c(Cl)c2)c1. The number of hydrogen-bond acceptors (Lipinski definition) is 2. The number of rotatable bonds is 5. The number of benzene rings is 3. The summed E-state index contributed by atoms with van der Waals surface area (Å²) < 4.78 is 42.9. The van der Waals surface area contributed by atoms with Crippen LogP contribution in [0.2, 0.25) is 5.02 Å². The molecule has 3 aromatic rings. The first kappa shape index (κ1) is 20.4. The topological polar surface area (TPSA) is 37.4 Å². The highest BCUT2D eigenvalue weighted by molar-refractivity contribution is 7.92. The lowest BCUT2D eigenvalue weighted by Crippen LogP contribution is -2.34. The second kappa shape index (κ2) is 7.94. The first-order valence-corrected chi connectivity index (χ1v) is 10.7. The molecule has 3 aromatic carbocycles. The smallest absolute Gasteiger partial charge is 0.259 e. The Kier molecular flexibility index (Phi) is 5.77. The van der Waals surface area contributed by atoms with Crippen LogP contribution in [-0.4, -0.2) is 8.42 Å². The molecule has 0 N–H and O–H groups in total. The van der Waals surface area contributed by atoms with Gasteiger partial charge >= 0.3 is 0 Å². The Morgan fingerprint density at radius 2 is 1.68 bits per heavy atom. The minimum absolute atomic E-state index is 0.0628. The molecule has 0 aromatic heterocycles. The van der Waals surface area contributed by atoms with Crippen LogP contribution in [-0.2, 0) is 10.0 Å². The maximum atomic E-state index is 14.5. The summed E-state index contributed by atoms with van der Waals surface area (Å²) in [5.41, 5.74) is 2.45. The second-order valence-electron chi connectivity index (χ2n) is 6.75. The summed E-state index contributed by atoms with van der Waals surface area (Å²) in [7, 11) is -3.99. The maximum absolute atomic E-state index is 14.5. The van der Waals surface area contributed by atoms with Crippen LogP contribution in [0.1, 0.15) is 29.7 Å². The standard InChI is InChI=1S/C22H21ClFNO2S/c1-15-7-6-8-18(13-15)25(17(3)20-9-4-5-10-22(20)24)28(26,27)19-12-11-16(2)21(23)14-19/h4-14,17H,1-3H3. The molecule has 3 rings (SSSR count). The van der Waals surface area contributed by atoms with E-state index in [0.717, 1.165) is 11.1 Å². The Labute approximate surface area is 170 Å². The van der Waals surface area contributed by atoms with Crippen molar-refractivity contribution in [2.45, 2.75) is 31.7 Å². The van der Waals surface area contributed by atoms with E-state index in [1.807, 2.05) is 13.0 Å². The quantitative estimate of drug-likeness (QED) is 0.506. The van der Waals surface area contributed by atoms with Crippen molar-refractivity contribution >= 4 is 27.3 Å². The predicted octanol–water partition coefficient (Wildman–Crippen LogP) is 6.05. The molecule has 0 aliphatic carbocycles. The van der Waals surface area contributed by atoms with Gasteiger partial charge in [0, 0.05) is 10.6 Å². The van der Waals surface area contributed by atoms with Gasteiger partial charge in [0.2, 0.25) is 0 Å². The van der Waals surface area contributed by atoms with E-state index >= 15 is 0 Å². The highest BCUT2D eigenvalue weighted by atomic mass is 35.5. The van der Waals surface area contributed by atoms with E-state index in [0.29, 0.717) is 16.3 Å². The zero-order valence-electron chi connectivity index (χ0n) is 15.9. The van der Waals surface area contributed by atoms with Crippen LogP contribution in [0.25, 0.3) is 0 Å². The van der Waals surface area contributed by atoms with Gasteiger partial charge in [-0.25, -0.2) is 12.8 Å². The van der Waals surface area contributed by atoms with Crippen molar-refractivity contribution in [3.05, 3.63) is 94.3 Å². The largest absolute Gasteiger partial charge is 0.264 e. The van der Waals surface area contributed by atoms with Crippen LogP contribution in [0.15, 0.2) is 71.6 Å². The van der Waals surface area contributed by atoms with Gasteiger partial charge in [-0.3, -0.25) is 4.31 Å². The summed E-state index contributed by atoms with van der Waals surface area (Å²) in [5, 5.41) is 0.365. The Morgan fingerprint density at radius 3 is 2.32 bits per heavy atom. The van der Waals surface area contributed by atoms with Gasteiger partial charge in [-0.05, 0) is 62.2 Å². The fraction of sp³-hybridized carbons (Fsp3) is 0.182. The highest BCUT2D eigenvalue weighted by Gasteiger charge is 2.32. The number of hydrogen-bond donors (Lipinski definition) is 0. The van der Waals surface area contributed by atoms with E-state index in [1.54, 1.807) is 56.3 Å².